The molecule has 0 unspecified atom stereocenters. The molecule has 148 valence electrons. The van der Waals surface area contributed by atoms with Gasteiger partial charge in [0, 0.05) is 18.3 Å². The van der Waals surface area contributed by atoms with Crippen molar-refractivity contribution in [2.45, 2.75) is 26.7 Å². The lowest BCUT2D eigenvalue weighted by Gasteiger charge is -2.08. The average Bonchev–Trinajstić information content (AvgIpc) is 3.11. The Morgan fingerprint density at radius 2 is 1.86 bits per heavy atom. The first-order valence-corrected chi connectivity index (χ1v) is 9.31. The van der Waals surface area contributed by atoms with Gasteiger partial charge in [-0.1, -0.05) is 42.0 Å². The molecule has 3 rings (SSSR count). The van der Waals surface area contributed by atoms with E-state index in [0.29, 0.717) is 24.3 Å². The zero-order chi connectivity index (χ0) is 19.2. The number of carbonyl (C=O) groups excluding carboxylic acids is 1. The second-order valence-corrected chi connectivity index (χ2v) is 6.74. The number of rotatable bonds is 7. The molecule has 0 aliphatic rings. The van der Waals surface area contributed by atoms with Crippen LogP contribution < -0.4 is 11.1 Å². The van der Waals surface area contributed by atoms with Gasteiger partial charge >= 0.3 is 0 Å². The quantitative estimate of drug-likeness (QED) is 0.590. The van der Waals surface area contributed by atoms with Crippen LogP contribution in [-0.4, -0.2) is 28.8 Å². The van der Waals surface area contributed by atoms with Crippen molar-refractivity contribution in [3.05, 3.63) is 71.4 Å². The zero-order valence-corrected chi connectivity index (χ0v) is 17.1. The lowest BCUT2D eigenvalue weighted by molar-refractivity contribution is 0.0953. The SMILES string of the molecule is Cc1ccc(-c2nn(-c3ccccc3)cc2C(=O)NCCCCN)c(C)c1.Cl. The maximum Gasteiger partial charge on any atom is 0.255 e. The number of nitrogens with two attached hydrogens (primary N) is 1. The van der Waals surface area contributed by atoms with Gasteiger partial charge in [0.1, 0.15) is 5.69 Å². The summed E-state index contributed by atoms with van der Waals surface area (Å²) in [5, 5.41) is 7.73. The number of benzene rings is 2. The molecule has 28 heavy (non-hydrogen) atoms. The fourth-order valence-electron chi connectivity index (χ4n) is 3.10. The standard InChI is InChI=1S/C22H26N4O.ClH/c1-16-10-11-19(17(2)14-16)21-20(22(27)24-13-7-6-12-23)15-26(25-21)18-8-4-3-5-9-18;/h3-5,8-11,14-15H,6-7,12-13,23H2,1-2H3,(H,24,27);1H. The van der Waals surface area contributed by atoms with Crippen molar-refractivity contribution in [2.75, 3.05) is 13.1 Å². The molecule has 5 nitrogen and oxygen atoms in total. The number of aromatic nitrogens is 2. The molecule has 1 heterocycles. The first-order valence-electron chi connectivity index (χ1n) is 9.31. The van der Waals surface area contributed by atoms with Crippen LogP contribution in [0.3, 0.4) is 0 Å². The highest BCUT2D eigenvalue weighted by molar-refractivity contribution is 6.00. The summed E-state index contributed by atoms with van der Waals surface area (Å²) in [6, 6.07) is 16.0. The summed E-state index contributed by atoms with van der Waals surface area (Å²) in [5.74, 6) is -0.107. The van der Waals surface area contributed by atoms with Crippen LogP contribution in [0.5, 0.6) is 0 Å². The largest absolute Gasteiger partial charge is 0.352 e. The Hall–Kier alpha value is -2.63. The second kappa shape index (κ2) is 10.1. The highest BCUT2D eigenvalue weighted by atomic mass is 35.5. The lowest BCUT2D eigenvalue weighted by Crippen LogP contribution is -2.25. The van der Waals surface area contributed by atoms with Crippen LogP contribution in [0, 0.1) is 13.8 Å². The molecule has 1 amide bonds. The van der Waals surface area contributed by atoms with Crippen molar-refractivity contribution in [1.29, 1.82) is 0 Å². The normalized spacial score (nSPS) is 10.4. The minimum atomic E-state index is -0.107. The molecule has 6 heteroatoms. The molecule has 0 atom stereocenters. The van der Waals surface area contributed by atoms with Crippen LogP contribution in [-0.2, 0) is 0 Å². The van der Waals surface area contributed by atoms with Gasteiger partial charge in [-0.15, -0.1) is 12.4 Å². The third-order valence-electron chi connectivity index (χ3n) is 4.53. The van der Waals surface area contributed by atoms with Gasteiger partial charge in [0.15, 0.2) is 0 Å². The van der Waals surface area contributed by atoms with E-state index in [0.717, 1.165) is 29.7 Å². The van der Waals surface area contributed by atoms with Gasteiger partial charge in [0.25, 0.3) is 5.91 Å². The Labute approximate surface area is 172 Å². The van der Waals surface area contributed by atoms with Gasteiger partial charge in [-0.3, -0.25) is 4.79 Å². The van der Waals surface area contributed by atoms with E-state index in [9.17, 15) is 4.79 Å². The van der Waals surface area contributed by atoms with E-state index in [1.807, 2.05) is 55.6 Å². The number of nitrogens with one attached hydrogen (secondary N) is 1. The molecule has 0 bridgehead atoms. The molecule has 0 spiro atoms. The molecular formula is C22H27ClN4O. The predicted octanol–water partition coefficient (Wildman–Crippen LogP) is 4.05. The van der Waals surface area contributed by atoms with Crippen molar-refractivity contribution in [1.82, 2.24) is 15.1 Å². The van der Waals surface area contributed by atoms with Gasteiger partial charge in [-0.05, 0) is 50.9 Å². The number of carbonyl (C=O) groups is 1. The van der Waals surface area contributed by atoms with Crippen LogP contribution in [0.15, 0.2) is 54.7 Å². The van der Waals surface area contributed by atoms with E-state index in [-0.39, 0.29) is 18.3 Å². The van der Waals surface area contributed by atoms with Gasteiger partial charge < -0.3 is 11.1 Å². The second-order valence-electron chi connectivity index (χ2n) is 6.74. The average molecular weight is 399 g/mol. The summed E-state index contributed by atoms with van der Waals surface area (Å²) in [5.41, 5.74) is 11.0. The van der Waals surface area contributed by atoms with Gasteiger partial charge in [0.2, 0.25) is 0 Å². The maximum absolute atomic E-state index is 12.8. The molecule has 0 aliphatic carbocycles. The number of hydrogen-bond donors (Lipinski definition) is 2. The summed E-state index contributed by atoms with van der Waals surface area (Å²) in [7, 11) is 0. The molecular weight excluding hydrogens is 372 g/mol. The van der Waals surface area contributed by atoms with Crippen LogP contribution in [0.25, 0.3) is 16.9 Å². The molecule has 0 saturated carbocycles. The number of halogens is 1. The zero-order valence-electron chi connectivity index (χ0n) is 16.3. The van der Waals surface area contributed by atoms with Crippen LogP contribution in [0.1, 0.15) is 34.3 Å². The highest BCUT2D eigenvalue weighted by Crippen LogP contribution is 2.27. The number of hydrogen-bond acceptors (Lipinski definition) is 3. The van der Waals surface area contributed by atoms with Crippen LogP contribution >= 0.6 is 12.4 Å². The predicted molar refractivity (Wildman–Crippen MR) is 116 cm³/mol. The Bertz CT molecular complexity index is 922. The fourth-order valence-corrected chi connectivity index (χ4v) is 3.10. The van der Waals surface area contributed by atoms with Crippen LogP contribution in [0.4, 0.5) is 0 Å². The van der Waals surface area contributed by atoms with Crippen molar-refractivity contribution in [2.24, 2.45) is 5.73 Å². The molecule has 0 aliphatic heterocycles. The monoisotopic (exact) mass is 398 g/mol. The van der Waals surface area contributed by atoms with Gasteiger partial charge in [-0.25, -0.2) is 4.68 Å². The summed E-state index contributed by atoms with van der Waals surface area (Å²) >= 11 is 0. The lowest BCUT2D eigenvalue weighted by atomic mass is 10.0. The smallest absolute Gasteiger partial charge is 0.255 e. The third-order valence-corrected chi connectivity index (χ3v) is 4.53. The maximum atomic E-state index is 12.8. The Balaban J connectivity index is 0.00000280. The number of amides is 1. The number of unbranched alkanes of at least 4 members (excludes halogenated alkanes) is 1. The third kappa shape index (κ3) is 5.00. The molecule has 3 aromatic rings. The highest BCUT2D eigenvalue weighted by Gasteiger charge is 2.19. The number of para-hydroxylation sites is 1. The van der Waals surface area contributed by atoms with E-state index in [1.165, 1.54) is 5.56 Å². The molecule has 1 aromatic heterocycles. The Morgan fingerprint density at radius 1 is 1.11 bits per heavy atom. The Morgan fingerprint density at radius 3 is 2.54 bits per heavy atom. The minimum absolute atomic E-state index is 0. The molecule has 0 radical (unpaired) electrons. The van der Waals surface area contributed by atoms with Crippen molar-refractivity contribution in [3.8, 4) is 16.9 Å². The first-order chi connectivity index (χ1) is 13.1. The van der Waals surface area contributed by atoms with Gasteiger partial charge in [-0.2, -0.15) is 5.10 Å². The summed E-state index contributed by atoms with van der Waals surface area (Å²) < 4.78 is 1.77. The van der Waals surface area contributed by atoms with Crippen molar-refractivity contribution >= 4 is 18.3 Å². The van der Waals surface area contributed by atoms with E-state index in [2.05, 4.69) is 18.3 Å². The Kier molecular flexibility index (Phi) is 7.79. The molecule has 2 aromatic carbocycles. The van der Waals surface area contributed by atoms with E-state index >= 15 is 0 Å². The summed E-state index contributed by atoms with van der Waals surface area (Å²) in [6.07, 6.45) is 3.57. The topological polar surface area (TPSA) is 72.9 Å². The van der Waals surface area contributed by atoms with E-state index in [1.54, 1.807) is 4.68 Å². The minimum Gasteiger partial charge on any atom is -0.352 e. The fraction of sp³-hybridized carbons (Fsp3) is 0.273. The first kappa shape index (κ1) is 21.7. The van der Waals surface area contributed by atoms with Crippen molar-refractivity contribution in [3.63, 3.8) is 0 Å². The van der Waals surface area contributed by atoms with Crippen LogP contribution in [0.2, 0.25) is 0 Å². The van der Waals surface area contributed by atoms with Gasteiger partial charge in [0.05, 0.1) is 11.3 Å². The summed E-state index contributed by atoms with van der Waals surface area (Å²) in [6.45, 7) is 5.35. The van der Waals surface area contributed by atoms with E-state index in [4.69, 9.17) is 10.8 Å². The number of aryl methyl sites for hydroxylation is 2. The molecule has 3 N–H and O–H groups in total. The van der Waals surface area contributed by atoms with E-state index < -0.39 is 0 Å². The van der Waals surface area contributed by atoms with Crippen molar-refractivity contribution < 1.29 is 4.79 Å². The molecule has 0 fully saturated rings. The summed E-state index contributed by atoms with van der Waals surface area (Å²) in [4.78, 5) is 12.8. The number of nitrogens with zero attached hydrogens (tertiary/aromatic N) is 2. The molecule has 0 saturated heterocycles.